The third-order valence-corrected chi connectivity index (χ3v) is 4.22. The minimum Gasteiger partial charge on any atom is -0.496 e. The van der Waals surface area contributed by atoms with Crippen LogP contribution in [0.25, 0.3) is 27.9 Å². The van der Waals surface area contributed by atoms with Gasteiger partial charge in [0.2, 0.25) is 0 Å². The lowest BCUT2D eigenvalue weighted by molar-refractivity contribution is 0.410. The van der Waals surface area contributed by atoms with Gasteiger partial charge in [0, 0.05) is 48.2 Å². The maximum absolute atomic E-state index is 5.76. The molecule has 4 aromatic rings. The first-order valence-electron chi connectivity index (χ1n) is 7.89. The average Bonchev–Trinajstić information content (AvgIpc) is 3.26. The highest BCUT2D eigenvalue weighted by Crippen LogP contribution is 2.30. The number of aryl methyl sites for hydroxylation is 1. The van der Waals surface area contributed by atoms with E-state index in [9.17, 15) is 0 Å². The number of rotatable bonds is 4. The SMILES string of the molecule is COc1cc(-c2ncnn3cc(-c4cnn(C)c4)cc23)ccc1CN. The van der Waals surface area contributed by atoms with E-state index in [-0.39, 0.29) is 0 Å². The van der Waals surface area contributed by atoms with Crippen molar-refractivity contribution in [1.29, 1.82) is 0 Å². The summed E-state index contributed by atoms with van der Waals surface area (Å²) in [6.45, 7) is 0.429. The maximum Gasteiger partial charge on any atom is 0.137 e. The summed E-state index contributed by atoms with van der Waals surface area (Å²) in [5.41, 5.74) is 11.5. The van der Waals surface area contributed by atoms with Crippen LogP contribution in [-0.4, -0.2) is 31.5 Å². The van der Waals surface area contributed by atoms with E-state index < -0.39 is 0 Å². The molecule has 0 amide bonds. The quantitative estimate of drug-likeness (QED) is 0.619. The van der Waals surface area contributed by atoms with Gasteiger partial charge in [0.1, 0.15) is 12.1 Å². The summed E-state index contributed by atoms with van der Waals surface area (Å²) in [6, 6.07) is 8.00. The van der Waals surface area contributed by atoms with Crippen molar-refractivity contribution in [2.24, 2.45) is 12.8 Å². The van der Waals surface area contributed by atoms with Crippen molar-refractivity contribution in [3.63, 3.8) is 0 Å². The molecule has 0 atom stereocenters. The molecule has 7 nitrogen and oxygen atoms in total. The molecular formula is C18H18N6O. The molecule has 3 aromatic heterocycles. The summed E-state index contributed by atoms with van der Waals surface area (Å²) in [6.07, 6.45) is 7.34. The number of hydrogen-bond donors (Lipinski definition) is 1. The Morgan fingerprint density at radius 3 is 2.68 bits per heavy atom. The molecular weight excluding hydrogens is 316 g/mol. The molecule has 0 unspecified atom stereocenters. The molecule has 0 saturated carbocycles. The van der Waals surface area contributed by atoms with E-state index in [0.717, 1.165) is 39.2 Å². The summed E-state index contributed by atoms with van der Waals surface area (Å²) in [7, 11) is 3.54. The molecule has 1 aromatic carbocycles. The Bertz CT molecular complexity index is 1050. The molecule has 0 aliphatic carbocycles. The van der Waals surface area contributed by atoms with E-state index in [1.54, 1.807) is 18.1 Å². The molecule has 0 radical (unpaired) electrons. The van der Waals surface area contributed by atoms with Gasteiger partial charge in [-0.1, -0.05) is 12.1 Å². The Morgan fingerprint density at radius 1 is 1.08 bits per heavy atom. The standard InChI is InChI=1S/C18H18N6O/c1-23-9-15(8-21-23)14-5-16-18(20-11-22-24(16)10-14)12-3-4-13(7-19)17(6-12)25-2/h3-6,8-11H,7,19H2,1-2H3. The van der Waals surface area contributed by atoms with E-state index >= 15 is 0 Å². The highest BCUT2D eigenvalue weighted by atomic mass is 16.5. The zero-order chi connectivity index (χ0) is 17.4. The Labute approximate surface area is 144 Å². The van der Waals surface area contributed by atoms with Crippen LogP contribution in [0.5, 0.6) is 5.75 Å². The molecule has 0 spiro atoms. The smallest absolute Gasteiger partial charge is 0.137 e. The Hall–Kier alpha value is -3.19. The molecule has 0 aliphatic rings. The second-order valence-electron chi connectivity index (χ2n) is 5.80. The van der Waals surface area contributed by atoms with Crippen LogP contribution in [0, 0.1) is 0 Å². The normalized spacial score (nSPS) is 11.2. The number of benzene rings is 1. The zero-order valence-corrected chi connectivity index (χ0v) is 14.0. The summed E-state index contributed by atoms with van der Waals surface area (Å²) in [4.78, 5) is 4.48. The Balaban J connectivity index is 1.86. The van der Waals surface area contributed by atoms with Crippen molar-refractivity contribution >= 4 is 5.52 Å². The molecule has 0 aliphatic heterocycles. The topological polar surface area (TPSA) is 83.3 Å². The zero-order valence-electron chi connectivity index (χ0n) is 14.0. The molecule has 25 heavy (non-hydrogen) atoms. The van der Waals surface area contributed by atoms with Gasteiger partial charge in [0.05, 0.1) is 24.5 Å². The van der Waals surface area contributed by atoms with Crippen LogP contribution in [0.3, 0.4) is 0 Å². The first-order valence-corrected chi connectivity index (χ1v) is 7.89. The van der Waals surface area contributed by atoms with E-state index in [1.165, 1.54) is 0 Å². The summed E-state index contributed by atoms with van der Waals surface area (Å²) < 4.78 is 9.05. The largest absolute Gasteiger partial charge is 0.496 e. The van der Waals surface area contributed by atoms with Gasteiger partial charge in [-0.05, 0) is 12.1 Å². The van der Waals surface area contributed by atoms with E-state index in [0.29, 0.717) is 6.54 Å². The highest BCUT2D eigenvalue weighted by Gasteiger charge is 2.13. The number of nitrogens with zero attached hydrogens (tertiary/aromatic N) is 5. The lowest BCUT2D eigenvalue weighted by Gasteiger charge is -2.09. The van der Waals surface area contributed by atoms with Gasteiger partial charge in [0.15, 0.2) is 0 Å². The van der Waals surface area contributed by atoms with Crippen LogP contribution in [0.4, 0.5) is 0 Å². The molecule has 126 valence electrons. The van der Waals surface area contributed by atoms with Gasteiger partial charge in [-0.2, -0.15) is 10.2 Å². The Morgan fingerprint density at radius 2 is 1.96 bits per heavy atom. The number of methoxy groups -OCH3 is 1. The molecule has 7 heteroatoms. The second-order valence-corrected chi connectivity index (χ2v) is 5.80. The van der Waals surface area contributed by atoms with Crippen LogP contribution in [0.1, 0.15) is 5.56 Å². The lowest BCUT2D eigenvalue weighted by Crippen LogP contribution is -2.00. The van der Waals surface area contributed by atoms with Crippen molar-refractivity contribution in [2.75, 3.05) is 7.11 Å². The first kappa shape index (κ1) is 15.3. The highest BCUT2D eigenvalue weighted by molar-refractivity contribution is 5.82. The monoisotopic (exact) mass is 334 g/mol. The summed E-state index contributed by atoms with van der Waals surface area (Å²) in [5.74, 6) is 0.760. The van der Waals surface area contributed by atoms with Crippen molar-refractivity contribution < 1.29 is 4.74 Å². The molecule has 2 N–H and O–H groups in total. The first-order chi connectivity index (χ1) is 12.2. The molecule has 3 heterocycles. The molecule has 4 rings (SSSR count). The number of ether oxygens (including phenoxy) is 1. The van der Waals surface area contributed by atoms with E-state index in [2.05, 4.69) is 21.2 Å². The van der Waals surface area contributed by atoms with Crippen LogP contribution in [0.2, 0.25) is 0 Å². The fraction of sp³-hybridized carbons (Fsp3) is 0.167. The van der Waals surface area contributed by atoms with E-state index in [4.69, 9.17) is 10.5 Å². The predicted octanol–water partition coefficient (Wildman–Crippen LogP) is 2.26. The van der Waals surface area contributed by atoms with Crippen molar-refractivity contribution in [3.05, 3.63) is 54.7 Å². The molecule has 0 saturated heterocycles. The lowest BCUT2D eigenvalue weighted by atomic mass is 10.1. The minimum absolute atomic E-state index is 0.429. The van der Waals surface area contributed by atoms with Crippen molar-refractivity contribution in [3.8, 4) is 28.1 Å². The molecule has 0 fully saturated rings. The van der Waals surface area contributed by atoms with Crippen LogP contribution >= 0.6 is 0 Å². The predicted molar refractivity (Wildman–Crippen MR) is 95.1 cm³/mol. The maximum atomic E-state index is 5.76. The third-order valence-electron chi connectivity index (χ3n) is 4.22. The number of fused-ring (bicyclic) bond motifs is 1. The summed E-state index contributed by atoms with van der Waals surface area (Å²) >= 11 is 0. The number of hydrogen-bond acceptors (Lipinski definition) is 5. The van der Waals surface area contributed by atoms with Gasteiger partial charge >= 0.3 is 0 Å². The third kappa shape index (κ3) is 2.64. The van der Waals surface area contributed by atoms with Gasteiger partial charge in [0.25, 0.3) is 0 Å². The van der Waals surface area contributed by atoms with Gasteiger partial charge in [-0.25, -0.2) is 9.50 Å². The average molecular weight is 334 g/mol. The van der Waals surface area contributed by atoms with E-state index in [1.807, 2.05) is 48.4 Å². The number of aromatic nitrogens is 5. The van der Waals surface area contributed by atoms with Crippen molar-refractivity contribution in [2.45, 2.75) is 6.54 Å². The van der Waals surface area contributed by atoms with Crippen LogP contribution in [0.15, 0.2) is 49.2 Å². The fourth-order valence-corrected chi connectivity index (χ4v) is 2.94. The van der Waals surface area contributed by atoms with Gasteiger partial charge < -0.3 is 10.5 Å². The minimum atomic E-state index is 0.429. The van der Waals surface area contributed by atoms with Gasteiger partial charge in [-0.15, -0.1) is 0 Å². The van der Waals surface area contributed by atoms with Crippen LogP contribution < -0.4 is 10.5 Å². The Kier molecular flexibility index (Phi) is 3.70. The molecule has 0 bridgehead atoms. The van der Waals surface area contributed by atoms with Crippen molar-refractivity contribution in [1.82, 2.24) is 24.4 Å². The van der Waals surface area contributed by atoms with Gasteiger partial charge in [-0.3, -0.25) is 4.68 Å². The second kappa shape index (κ2) is 6.03. The fourth-order valence-electron chi connectivity index (χ4n) is 2.94. The van der Waals surface area contributed by atoms with Crippen LogP contribution in [-0.2, 0) is 13.6 Å². The number of nitrogens with two attached hydrogens (primary N) is 1. The summed E-state index contributed by atoms with van der Waals surface area (Å²) in [5, 5.41) is 8.55.